The van der Waals surface area contributed by atoms with E-state index in [9.17, 15) is 4.79 Å². The molecular formula is C20H26N6O3S. The fourth-order valence-corrected chi connectivity index (χ4v) is 4.03. The topological polar surface area (TPSA) is 113 Å². The lowest BCUT2D eigenvalue weighted by Gasteiger charge is -2.43. The Morgan fingerprint density at radius 3 is 2.80 bits per heavy atom. The van der Waals surface area contributed by atoms with Gasteiger partial charge in [-0.15, -0.1) is 5.06 Å². The van der Waals surface area contributed by atoms with Crippen molar-refractivity contribution in [3.05, 3.63) is 23.0 Å². The van der Waals surface area contributed by atoms with Gasteiger partial charge in [0.1, 0.15) is 28.7 Å². The molecule has 0 amide bonds. The van der Waals surface area contributed by atoms with Crippen LogP contribution in [0.25, 0.3) is 0 Å². The van der Waals surface area contributed by atoms with E-state index in [4.69, 9.17) is 14.8 Å². The van der Waals surface area contributed by atoms with E-state index in [1.807, 2.05) is 0 Å². The first-order valence-electron chi connectivity index (χ1n) is 9.74. The van der Waals surface area contributed by atoms with Gasteiger partial charge < -0.3 is 14.9 Å². The van der Waals surface area contributed by atoms with Gasteiger partial charge in [-0.2, -0.15) is 10.2 Å². The lowest BCUT2D eigenvalue weighted by molar-refractivity contribution is -0.223. The van der Waals surface area contributed by atoms with E-state index in [-0.39, 0.29) is 23.5 Å². The third kappa shape index (κ3) is 5.64. The Labute approximate surface area is 180 Å². The number of ether oxygens (including phenoxy) is 1. The Bertz CT molecular complexity index is 949. The fraction of sp³-hybridized carbons (Fsp3) is 0.550. The van der Waals surface area contributed by atoms with E-state index < -0.39 is 0 Å². The lowest BCUT2D eigenvalue weighted by atomic mass is 9.81. The van der Waals surface area contributed by atoms with Crippen molar-refractivity contribution in [2.75, 3.05) is 11.9 Å². The second kappa shape index (κ2) is 8.93. The van der Waals surface area contributed by atoms with Crippen LogP contribution in [0.3, 0.4) is 0 Å². The molecule has 10 heteroatoms. The zero-order valence-electron chi connectivity index (χ0n) is 17.8. The lowest BCUT2D eigenvalue weighted by Crippen LogP contribution is -2.52. The maximum absolute atomic E-state index is 11.5. The van der Waals surface area contributed by atoms with Gasteiger partial charge in [-0.1, -0.05) is 32.1 Å². The molecule has 3 heterocycles. The number of rotatable bonds is 5. The minimum absolute atomic E-state index is 0.0281. The Morgan fingerprint density at radius 2 is 2.17 bits per heavy atom. The zero-order chi connectivity index (χ0) is 21.9. The molecule has 1 fully saturated rings. The average Bonchev–Trinajstić information content (AvgIpc) is 3.08. The SMILES string of the molecule is CC(=O)ON1CCC(Oc2cc(Nc3ncc(C#N)s3)nc(C)n2)CC1C(C)(C)C. The standard InChI is InChI=1S/C20H26N6O3S/c1-12-23-17(25-19-22-11-15(10-21)30-19)9-18(24-12)28-14-6-7-26(29-13(2)27)16(8-14)20(3,4)5/h9,11,14,16H,6-8H2,1-5H3,(H,22,23,24,25). The molecule has 1 saturated heterocycles. The van der Waals surface area contributed by atoms with Crippen LogP contribution < -0.4 is 10.1 Å². The van der Waals surface area contributed by atoms with Crippen LogP contribution >= 0.6 is 11.3 Å². The number of aryl methyl sites for hydroxylation is 1. The van der Waals surface area contributed by atoms with Gasteiger partial charge in [0.25, 0.3) is 0 Å². The minimum atomic E-state index is -0.312. The maximum Gasteiger partial charge on any atom is 0.322 e. The van der Waals surface area contributed by atoms with E-state index >= 15 is 0 Å². The van der Waals surface area contributed by atoms with Crippen molar-refractivity contribution in [2.24, 2.45) is 5.41 Å². The number of hydrogen-bond donors (Lipinski definition) is 1. The van der Waals surface area contributed by atoms with Gasteiger partial charge >= 0.3 is 5.97 Å². The molecule has 0 radical (unpaired) electrons. The number of hydrogen-bond acceptors (Lipinski definition) is 10. The number of aromatic nitrogens is 3. The quantitative estimate of drug-likeness (QED) is 0.760. The third-order valence-corrected chi connectivity index (χ3v) is 5.52. The second-order valence-electron chi connectivity index (χ2n) is 8.27. The highest BCUT2D eigenvalue weighted by molar-refractivity contribution is 7.16. The minimum Gasteiger partial charge on any atom is -0.474 e. The molecule has 3 rings (SSSR count). The molecule has 2 atom stereocenters. The van der Waals surface area contributed by atoms with Crippen molar-refractivity contribution < 1.29 is 14.4 Å². The van der Waals surface area contributed by atoms with Crippen LogP contribution in [-0.2, 0) is 9.63 Å². The number of nitrogens with zero attached hydrogens (tertiary/aromatic N) is 5. The molecule has 0 spiro atoms. The van der Waals surface area contributed by atoms with Gasteiger partial charge in [-0.25, -0.2) is 9.97 Å². The second-order valence-corrected chi connectivity index (χ2v) is 9.31. The Kier molecular flexibility index (Phi) is 6.53. The maximum atomic E-state index is 11.5. The molecule has 0 aliphatic carbocycles. The molecule has 2 aromatic heterocycles. The molecule has 1 aliphatic heterocycles. The summed E-state index contributed by atoms with van der Waals surface area (Å²) in [6.07, 6.45) is 2.87. The van der Waals surface area contributed by atoms with Crippen molar-refractivity contribution in [3.63, 3.8) is 0 Å². The van der Waals surface area contributed by atoms with Gasteiger partial charge in [0.05, 0.1) is 12.2 Å². The average molecular weight is 431 g/mol. The first kappa shape index (κ1) is 21.9. The smallest absolute Gasteiger partial charge is 0.322 e. The predicted molar refractivity (Wildman–Crippen MR) is 112 cm³/mol. The number of thiazole rings is 1. The van der Waals surface area contributed by atoms with Crippen molar-refractivity contribution in [1.29, 1.82) is 5.26 Å². The predicted octanol–water partition coefficient (Wildman–Crippen LogP) is 3.59. The van der Waals surface area contributed by atoms with Crippen molar-refractivity contribution in [2.45, 2.75) is 59.6 Å². The van der Waals surface area contributed by atoms with Gasteiger partial charge in [0, 0.05) is 32.4 Å². The third-order valence-electron chi connectivity index (χ3n) is 4.70. The van der Waals surface area contributed by atoms with E-state index in [0.29, 0.717) is 46.9 Å². The number of hydroxylamine groups is 2. The van der Waals surface area contributed by atoms with E-state index in [1.54, 1.807) is 18.1 Å². The summed E-state index contributed by atoms with van der Waals surface area (Å²) in [5, 5.41) is 14.4. The van der Waals surface area contributed by atoms with E-state index in [1.165, 1.54) is 24.5 Å². The molecule has 2 unspecified atom stereocenters. The van der Waals surface area contributed by atoms with Gasteiger partial charge in [-0.3, -0.25) is 4.79 Å². The van der Waals surface area contributed by atoms with Gasteiger partial charge in [-0.05, 0) is 12.3 Å². The molecule has 2 aromatic rings. The van der Waals surface area contributed by atoms with Crippen LogP contribution in [-0.4, -0.2) is 44.7 Å². The normalized spacial score (nSPS) is 19.7. The van der Waals surface area contributed by atoms with Crippen LogP contribution in [0.15, 0.2) is 12.3 Å². The molecule has 0 aromatic carbocycles. The summed E-state index contributed by atoms with van der Waals surface area (Å²) in [6, 6.07) is 3.82. The van der Waals surface area contributed by atoms with Gasteiger partial charge in [0.2, 0.25) is 5.88 Å². The van der Waals surface area contributed by atoms with Crippen molar-refractivity contribution >= 4 is 28.3 Å². The highest BCUT2D eigenvalue weighted by atomic mass is 32.1. The van der Waals surface area contributed by atoms with E-state index in [2.05, 4.69) is 47.1 Å². The molecule has 160 valence electrons. The number of carbonyl (C=O) groups excluding carboxylic acids is 1. The molecular weight excluding hydrogens is 404 g/mol. The summed E-state index contributed by atoms with van der Waals surface area (Å²) in [6.45, 7) is 10.2. The molecule has 1 N–H and O–H groups in total. The fourth-order valence-electron chi connectivity index (χ4n) is 3.41. The monoisotopic (exact) mass is 430 g/mol. The first-order chi connectivity index (χ1) is 14.1. The van der Waals surface area contributed by atoms with Crippen LogP contribution in [0.1, 0.15) is 51.2 Å². The van der Waals surface area contributed by atoms with Gasteiger partial charge in [0.15, 0.2) is 5.13 Å². The number of carbonyl (C=O) groups is 1. The highest BCUT2D eigenvalue weighted by Crippen LogP contribution is 2.34. The molecule has 1 aliphatic rings. The Morgan fingerprint density at radius 1 is 1.40 bits per heavy atom. The zero-order valence-corrected chi connectivity index (χ0v) is 18.6. The van der Waals surface area contributed by atoms with Crippen LogP contribution in [0.2, 0.25) is 0 Å². The summed E-state index contributed by atoms with van der Waals surface area (Å²) in [4.78, 5) is 30.3. The number of anilines is 2. The summed E-state index contributed by atoms with van der Waals surface area (Å²) >= 11 is 1.25. The van der Waals surface area contributed by atoms with Crippen molar-refractivity contribution in [3.8, 4) is 11.9 Å². The van der Waals surface area contributed by atoms with Crippen LogP contribution in [0, 0.1) is 23.7 Å². The largest absolute Gasteiger partial charge is 0.474 e. The molecule has 0 saturated carbocycles. The Hall–Kier alpha value is -2.77. The van der Waals surface area contributed by atoms with Crippen LogP contribution in [0.5, 0.6) is 5.88 Å². The molecule has 30 heavy (non-hydrogen) atoms. The number of nitriles is 1. The molecule has 0 bridgehead atoms. The number of nitrogens with one attached hydrogen (secondary N) is 1. The Balaban J connectivity index is 1.72. The first-order valence-corrected chi connectivity index (χ1v) is 10.6. The molecule has 9 nitrogen and oxygen atoms in total. The number of piperidine rings is 1. The summed E-state index contributed by atoms with van der Waals surface area (Å²) in [7, 11) is 0. The van der Waals surface area contributed by atoms with Crippen LogP contribution in [0.4, 0.5) is 10.9 Å². The highest BCUT2D eigenvalue weighted by Gasteiger charge is 2.39. The van der Waals surface area contributed by atoms with Crippen molar-refractivity contribution in [1.82, 2.24) is 20.0 Å². The summed E-state index contributed by atoms with van der Waals surface area (Å²) < 4.78 is 6.19. The summed E-state index contributed by atoms with van der Waals surface area (Å²) in [5.41, 5.74) is -0.0882. The van der Waals surface area contributed by atoms with E-state index in [0.717, 1.165) is 0 Å². The summed E-state index contributed by atoms with van der Waals surface area (Å²) in [5.74, 6) is 1.28.